The molecule has 3 nitrogen and oxygen atoms in total. The molecule has 0 spiro atoms. The summed E-state index contributed by atoms with van der Waals surface area (Å²) in [4.78, 5) is 15.3. The van der Waals surface area contributed by atoms with Crippen molar-refractivity contribution >= 4 is 29.2 Å². The van der Waals surface area contributed by atoms with Gasteiger partial charge in [-0.1, -0.05) is 23.2 Å². The Kier molecular flexibility index (Phi) is 3.12. The van der Waals surface area contributed by atoms with E-state index in [-0.39, 0.29) is 15.9 Å². The number of nitrogens with zero attached hydrogens (tertiary/aromatic N) is 1. The van der Waals surface area contributed by atoms with E-state index in [0.29, 0.717) is 12.5 Å². The fraction of sp³-hybridized carbons (Fsp3) is 0.400. The molecule has 1 fully saturated rings. The van der Waals surface area contributed by atoms with Crippen LogP contribution in [-0.4, -0.2) is 17.6 Å². The summed E-state index contributed by atoms with van der Waals surface area (Å²) in [5.41, 5.74) is 0.265. The average molecular weight is 246 g/mol. The maximum absolute atomic E-state index is 11.5. The zero-order chi connectivity index (χ0) is 10.8. The van der Waals surface area contributed by atoms with Gasteiger partial charge in [-0.15, -0.1) is 0 Å². The van der Waals surface area contributed by atoms with Crippen LogP contribution in [0.25, 0.3) is 0 Å². The lowest BCUT2D eigenvalue weighted by molar-refractivity contribution is 0.0486. The van der Waals surface area contributed by atoms with Gasteiger partial charge in [-0.25, -0.2) is 9.78 Å². The van der Waals surface area contributed by atoms with Crippen LogP contribution < -0.4 is 0 Å². The van der Waals surface area contributed by atoms with Crippen molar-refractivity contribution in [3.05, 3.63) is 28.0 Å². The zero-order valence-corrected chi connectivity index (χ0v) is 9.38. The minimum absolute atomic E-state index is 0.0864. The highest BCUT2D eigenvalue weighted by atomic mass is 35.5. The lowest BCUT2D eigenvalue weighted by atomic mass is 10.3. The quantitative estimate of drug-likeness (QED) is 0.608. The van der Waals surface area contributed by atoms with Crippen LogP contribution in [0.1, 0.15) is 23.2 Å². The molecule has 15 heavy (non-hydrogen) atoms. The van der Waals surface area contributed by atoms with Gasteiger partial charge in [0.2, 0.25) is 0 Å². The molecule has 0 amide bonds. The summed E-state index contributed by atoms with van der Waals surface area (Å²) in [5, 5.41) is 0.349. The molecule has 0 atom stereocenters. The van der Waals surface area contributed by atoms with Gasteiger partial charge in [0, 0.05) is 0 Å². The standard InChI is InChI=1S/C10H9Cl2NO2/c11-8-4-3-7(9(12)13-8)10(14)15-5-6-1-2-6/h3-4,6H,1-2,5H2. The van der Waals surface area contributed by atoms with Crippen molar-refractivity contribution in [1.29, 1.82) is 0 Å². The lowest BCUT2D eigenvalue weighted by Gasteiger charge is -2.04. The minimum Gasteiger partial charge on any atom is -0.462 e. The number of rotatable bonds is 3. The van der Waals surface area contributed by atoms with Crippen molar-refractivity contribution in [3.8, 4) is 0 Å². The number of halogens is 2. The summed E-state index contributed by atoms with van der Waals surface area (Å²) >= 11 is 11.4. The second-order valence-corrected chi connectivity index (χ2v) is 4.26. The van der Waals surface area contributed by atoms with Gasteiger partial charge in [-0.05, 0) is 30.9 Å². The number of carbonyl (C=O) groups excluding carboxylic acids is 1. The summed E-state index contributed by atoms with van der Waals surface area (Å²) in [6.45, 7) is 0.470. The van der Waals surface area contributed by atoms with Gasteiger partial charge in [-0.3, -0.25) is 0 Å². The average Bonchev–Trinajstić information content (AvgIpc) is 2.97. The predicted octanol–water partition coefficient (Wildman–Crippen LogP) is 2.96. The van der Waals surface area contributed by atoms with Crippen LogP contribution in [0.4, 0.5) is 0 Å². The third-order valence-electron chi connectivity index (χ3n) is 2.18. The normalized spacial score (nSPS) is 15.1. The van der Waals surface area contributed by atoms with E-state index in [2.05, 4.69) is 4.98 Å². The summed E-state index contributed by atoms with van der Waals surface area (Å²) in [6, 6.07) is 3.04. The fourth-order valence-electron chi connectivity index (χ4n) is 1.12. The molecule has 1 aliphatic rings. The summed E-state index contributed by atoms with van der Waals surface area (Å²) in [5.74, 6) is 0.101. The first kappa shape index (κ1) is 10.7. The molecule has 0 bridgehead atoms. The molecular formula is C10H9Cl2NO2. The van der Waals surface area contributed by atoms with E-state index >= 15 is 0 Å². The Morgan fingerprint density at radius 1 is 1.47 bits per heavy atom. The summed E-state index contributed by atoms with van der Waals surface area (Å²) < 4.78 is 5.07. The van der Waals surface area contributed by atoms with Gasteiger partial charge in [0.1, 0.15) is 10.3 Å². The van der Waals surface area contributed by atoms with E-state index in [4.69, 9.17) is 27.9 Å². The molecule has 0 N–H and O–H groups in total. The van der Waals surface area contributed by atoms with E-state index in [1.54, 1.807) is 0 Å². The molecular weight excluding hydrogens is 237 g/mol. The summed E-state index contributed by atoms with van der Waals surface area (Å²) in [6.07, 6.45) is 2.28. The minimum atomic E-state index is -0.434. The number of hydrogen-bond donors (Lipinski definition) is 0. The Balaban J connectivity index is 2.03. The lowest BCUT2D eigenvalue weighted by Crippen LogP contribution is -2.08. The smallest absolute Gasteiger partial charge is 0.341 e. The van der Waals surface area contributed by atoms with Gasteiger partial charge in [0.15, 0.2) is 0 Å². The van der Waals surface area contributed by atoms with Crippen LogP contribution >= 0.6 is 23.2 Å². The van der Waals surface area contributed by atoms with Crippen molar-refractivity contribution < 1.29 is 9.53 Å². The Hall–Kier alpha value is -0.800. The third kappa shape index (κ3) is 2.83. The highest BCUT2D eigenvalue weighted by Crippen LogP contribution is 2.29. The molecule has 0 aliphatic heterocycles. The second kappa shape index (κ2) is 4.37. The van der Waals surface area contributed by atoms with E-state index in [1.165, 1.54) is 12.1 Å². The van der Waals surface area contributed by atoms with Gasteiger partial charge < -0.3 is 4.74 Å². The Labute approximate surface area is 97.4 Å². The third-order valence-corrected chi connectivity index (χ3v) is 2.68. The molecule has 5 heteroatoms. The van der Waals surface area contributed by atoms with Crippen LogP contribution in [0.5, 0.6) is 0 Å². The first-order valence-electron chi connectivity index (χ1n) is 4.66. The number of ether oxygens (including phenoxy) is 1. The van der Waals surface area contributed by atoms with Gasteiger partial charge in [0.05, 0.1) is 12.2 Å². The highest BCUT2D eigenvalue weighted by Gasteiger charge is 2.24. The molecule has 1 aromatic rings. The number of carbonyl (C=O) groups is 1. The Bertz CT molecular complexity index is 391. The number of hydrogen-bond acceptors (Lipinski definition) is 3. The van der Waals surface area contributed by atoms with Gasteiger partial charge in [-0.2, -0.15) is 0 Å². The fourth-order valence-corrected chi connectivity index (χ4v) is 1.54. The zero-order valence-electron chi connectivity index (χ0n) is 7.87. The van der Waals surface area contributed by atoms with Gasteiger partial charge in [0.25, 0.3) is 0 Å². The Morgan fingerprint density at radius 2 is 2.20 bits per heavy atom. The molecule has 1 aliphatic carbocycles. The first-order chi connectivity index (χ1) is 7.16. The van der Waals surface area contributed by atoms with Crippen LogP contribution in [0.2, 0.25) is 10.3 Å². The maximum Gasteiger partial charge on any atom is 0.341 e. The highest BCUT2D eigenvalue weighted by molar-refractivity contribution is 6.34. The van der Waals surface area contributed by atoms with Crippen molar-refractivity contribution in [2.24, 2.45) is 5.92 Å². The topological polar surface area (TPSA) is 39.2 Å². The van der Waals surface area contributed by atoms with Crippen LogP contribution in [0, 0.1) is 5.92 Å². The first-order valence-corrected chi connectivity index (χ1v) is 5.41. The van der Waals surface area contributed by atoms with Crippen molar-refractivity contribution in [2.45, 2.75) is 12.8 Å². The monoisotopic (exact) mass is 245 g/mol. The molecule has 0 saturated heterocycles. The molecule has 80 valence electrons. The molecule has 0 aromatic carbocycles. The summed E-state index contributed by atoms with van der Waals surface area (Å²) in [7, 11) is 0. The van der Waals surface area contributed by atoms with Crippen molar-refractivity contribution in [1.82, 2.24) is 4.98 Å². The van der Waals surface area contributed by atoms with Crippen molar-refractivity contribution in [2.75, 3.05) is 6.61 Å². The maximum atomic E-state index is 11.5. The van der Waals surface area contributed by atoms with E-state index in [1.807, 2.05) is 0 Å². The number of aromatic nitrogens is 1. The van der Waals surface area contributed by atoms with E-state index < -0.39 is 5.97 Å². The van der Waals surface area contributed by atoms with E-state index in [0.717, 1.165) is 12.8 Å². The SMILES string of the molecule is O=C(OCC1CC1)c1ccc(Cl)nc1Cl. The van der Waals surface area contributed by atoms with E-state index in [9.17, 15) is 4.79 Å². The Morgan fingerprint density at radius 3 is 2.80 bits per heavy atom. The second-order valence-electron chi connectivity index (χ2n) is 3.51. The molecule has 1 heterocycles. The number of pyridine rings is 1. The van der Waals surface area contributed by atoms with Crippen LogP contribution in [0.15, 0.2) is 12.1 Å². The molecule has 0 unspecified atom stereocenters. The predicted molar refractivity (Wildman–Crippen MR) is 57.3 cm³/mol. The van der Waals surface area contributed by atoms with Crippen LogP contribution in [0.3, 0.4) is 0 Å². The van der Waals surface area contributed by atoms with Crippen molar-refractivity contribution in [3.63, 3.8) is 0 Å². The molecule has 1 aromatic heterocycles. The molecule has 1 saturated carbocycles. The molecule has 2 rings (SSSR count). The van der Waals surface area contributed by atoms with Gasteiger partial charge >= 0.3 is 5.97 Å². The van der Waals surface area contributed by atoms with Crippen LogP contribution in [-0.2, 0) is 4.74 Å². The molecule has 0 radical (unpaired) electrons. The largest absolute Gasteiger partial charge is 0.462 e. The number of esters is 1.